The quantitative estimate of drug-likeness (QED) is 0.734. The monoisotopic (exact) mass is 215 g/mol. The van der Waals surface area contributed by atoms with Gasteiger partial charge in [-0.2, -0.15) is 0 Å². The number of aromatic amines is 1. The molecule has 5 heteroatoms. The average molecular weight is 216 g/mol. The molecule has 0 radical (unpaired) electrons. The van der Waals surface area contributed by atoms with Gasteiger partial charge >= 0.3 is 0 Å². The van der Waals surface area contributed by atoms with Crippen LogP contribution in [0.5, 0.6) is 0 Å². The van der Waals surface area contributed by atoms with Gasteiger partial charge in [-0.25, -0.2) is 4.98 Å². The average Bonchev–Trinajstić information content (AvgIpc) is 2.18. The number of anilines is 1. The number of H-pyrrole nitrogens is 1. The van der Waals surface area contributed by atoms with Gasteiger partial charge in [-0.3, -0.25) is 4.79 Å². The highest BCUT2D eigenvalue weighted by molar-refractivity contribution is 6.17. The maximum Gasteiger partial charge on any atom is 0.290 e. The zero-order valence-electron chi connectivity index (χ0n) is 8.09. The standard InChI is InChI=1S/C9H14ClN3O/c1-7(3-2-4-10)13-8-9(14)12-6-5-11-8/h5-7H,2-4H2,1H3,(H,11,13)(H,12,14). The van der Waals surface area contributed by atoms with Crippen LogP contribution in [0.2, 0.25) is 0 Å². The molecule has 1 rings (SSSR count). The lowest BCUT2D eigenvalue weighted by atomic mass is 10.2. The topological polar surface area (TPSA) is 57.8 Å². The third-order valence-corrected chi connectivity index (χ3v) is 2.13. The van der Waals surface area contributed by atoms with Crippen LogP contribution >= 0.6 is 11.6 Å². The Morgan fingerprint density at radius 3 is 3.14 bits per heavy atom. The maximum atomic E-state index is 11.2. The van der Waals surface area contributed by atoms with Gasteiger partial charge in [0, 0.05) is 24.3 Å². The predicted octanol–water partition coefficient (Wildman–Crippen LogP) is 1.59. The van der Waals surface area contributed by atoms with E-state index < -0.39 is 0 Å². The summed E-state index contributed by atoms with van der Waals surface area (Å²) in [6, 6.07) is 0.213. The Hall–Kier alpha value is -1.03. The molecule has 0 spiro atoms. The Morgan fingerprint density at radius 1 is 1.71 bits per heavy atom. The predicted molar refractivity (Wildman–Crippen MR) is 57.9 cm³/mol. The molecule has 0 saturated heterocycles. The minimum atomic E-state index is -0.190. The number of hydrogen-bond donors (Lipinski definition) is 2. The second kappa shape index (κ2) is 5.65. The van der Waals surface area contributed by atoms with Crippen molar-refractivity contribution in [3.63, 3.8) is 0 Å². The van der Waals surface area contributed by atoms with Crippen LogP contribution in [0.1, 0.15) is 19.8 Å². The van der Waals surface area contributed by atoms with E-state index in [-0.39, 0.29) is 11.6 Å². The summed E-state index contributed by atoms with van der Waals surface area (Å²) in [5, 5.41) is 3.03. The second-order valence-corrected chi connectivity index (χ2v) is 3.52. The highest BCUT2D eigenvalue weighted by Crippen LogP contribution is 2.02. The van der Waals surface area contributed by atoms with Gasteiger partial charge in [-0.05, 0) is 19.8 Å². The Kier molecular flexibility index (Phi) is 4.46. The lowest BCUT2D eigenvalue weighted by Gasteiger charge is -2.12. The molecule has 2 N–H and O–H groups in total. The largest absolute Gasteiger partial charge is 0.363 e. The molecule has 4 nitrogen and oxygen atoms in total. The molecule has 0 aromatic carbocycles. The van der Waals surface area contributed by atoms with Crippen molar-refractivity contribution in [2.75, 3.05) is 11.2 Å². The fraction of sp³-hybridized carbons (Fsp3) is 0.556. The summed E-state index contributed by atoms with van der Waals surface area (Å²) in [6.45, 7) is 2.00. The van der Waals surface area contributed by atoms with Crippen LogP contribution in [0.15, 0.2) is 17.2 Å². The first kappa shape index (κ1) is 11.0. The molecule has 1 aromatic rings. The molecule has 0 aliphatic heterocycles. The lowest BCUT2D eigenvalue weighted by Crippen LogP contribution is -2.22. The van der Waals surface area contributed by atoms with Gasteiger partial charge in [0.15, 0.2) is 5.82 Å². The summed E-state index contributed by atoms with van der Waals surface area (Å²) in [5.41, 5.74) is -0.190. The van der Waals surface area contributed by atoms with Gasteiger partial charge < -0.3 is 10.3 Å². The first-order valence-electron chi connectivity index (χ1n) is 4.60. The van der Waals surface area contributed by atoms with Crippen LogP contribution in [-0.2, 0) is 0 Å². The number of nitrogens with one attached hydrogen (secondary N) is 2. The van der Waals surface area contributed by atoms with Crippen molar-refractivity contribution in [3.05, 3.63) is 22.7 Å². The summed E-state index contributed by atoms with van der Waals surface area (Å²) < 4.78 is 0. The van der Waals surface area contributed by atoms with Crippen LogP contribution < -0.4 is 10.9 Å². The molecule has 1 aromatic heterocycles. The molecule has 0 bridgehead atoms. The molecule has 0 aliphatic carbocycles. The Labute approximate surface area is 87.7 Å². The van der Waals surface area contributed by atoms with E-state index in [2.05, 4.69) is 15.3 Å². The number of aromatic nitrogens is 2. The summed E-state index contributed by atoms with van der Waals surface area (Å²) in [7, 11) is 0. The van der Waals surface area contributed by atoms with E-state index in [4.69, 9.17) is 11.6 Å². The first-order chi connectivity index (χ1) is 6.74. The summed E-state index contributed by atoms with van der Waals surface area (Å²) in [5.74, 6) is 1.01. The van der Waals surface area contributed by atoms with Crippen LogP contribution in [0.3, 0.4) is 0 Å². The van der Waals surface area contributed by atoms with E-state index >= 15 is 0 Å². The van der Waals surface area contributed by atoms with Crippen LogP contribution in [-0.4, -0.2) is 21.9 Å². The molecule has 1 heterocycles. The van der Waals surface area contributed by atoms with E-state index in [9.17, 15) is 4.79 Å². The van der Waals surface area contributed by atoms with Crippen molar-refractivity contribution in [3.8, 4) is 0 Å². The number of alkyl halides is 1. The van der Waals surface area contributed by atoms with Gasteiger partial charge in [-0.15, -0.1) is 11.6 Å². The van der Waals surface area contributed by atoms with Crippen molar-refractivity contribution in [1.82, 2.24) is 9.97 Å². The molecule has 14 heavy (non-hydrogen) atoms. The smallest absolute Gasteiger partial charge is 0.290 e. The Bertz CT molecular complexity index is 326. The van der Waals surface area contributed by atoms with Crippen LogP contribution in [0.25, 0.3) is 0 Å². The van der Waals surface area contributed by atoms with Crippen molar-refractivity contribution in [2.24, 2.45) is 0 Å². The molecule has 0 fully saturated rings. The van der Waals surface area contributed by atoms with Crippen molar-refractivity contribution >= 4 is 17.4 Å². The second-order valence-electron chi connectivity index (χ2n) is 3.14. The lowest BCUT2D eigenvalue weighted by molar-refractivity contribution is 0.688. The number of nitrogens with zero attached hydrogens (tertiary/aromatic N) is 1. The van der Waals surface area contributed by atoms with Gasteiger partial charge in [0.1, 0.15) is 0 Å². The number of hydrogen-bond acceptors (Lipinski definition) is 3. The molecule has 0 saturated carbocycles. The minimum absolute atomic E-state index is 0.190. The number of halogens is 1. The van der Waals surface area contributed by atoms with E-state index in [1.807, 2.05) is 6.92 Å². The normalized spacial score (nSPS) is 12.4. The highest BCUT2D eigenvalue weighted by atomic mass is 35.5. The zero-order valence-corrected chi connectivity index (χ0v) is 8.84. The zero-order chi connectivity index (χ0) is 10.4. The van der Waals surface area contributed by atoms with Crippen molar-refractivity contribution in [2.45, 2.75) is 25.8 Å². The summed E-state index contributed by atoms with van der Waals surface area (Å²) in [4.78, 5) is 17.7. The maximum absolute atomic E-state index is 11.2. The number of rotatable bonds is 5. The molecule has 1 atom stereocenters. The van der Waals surface area contributed by atoms with Gasteiger partial charge in [0.25, 0.3) is 5.56 Å². The van der Waals surface area contributed by atoms with Gasteiger partial charge in [0.2, 0.25) is 0 Å². The van der Waals surface area contributed by atoms with E-state index in [0.29, 0.717) is 11.7 Å². The van der Waals surface area contributed by atoms with E-state index in [0.717, 1.165) is 12.8 Å². The fourth-order valence-corrected chi connectivity index (χ4v) is 1.30. The van der Waals surface area contributed by atoms with E-state index in [1.54, 1.807) is 6.20 Å². The van der Waals surface area contributed by atoms with Crippen molar-refractivity contribution < 1.29 is 0 Å². The van der Waals surface area contributed by atoms with Crippen molar-refractivity contribution in [1.29, 1.82) is 0 Å². The van der Waals surface area contributed by atoms with Gasteiger partial charge in [-0.1, -0.05) is 0 Å². The summed E-state index contributed by atoms with van der Waals surface area (Å²) in [6.07, 6.45) is 4.93. The third kappa shape index (κ3) is 3.38. The Balaban J connectivity index is 2.52. The van der Waals surface area contributed by atoms with Gasteiger partial charge in [0.05, 0.1) is 0 Å². The van der Waals surface area contributed by atoms with Crippen LogP contribution in [0, 0.1) is 0 Å². The molecular weight excluding hydrogens is 202 g/mol. The highest BCUT2D eigenvalue weighted by Gasteiger charge is 2.04. The SMILES string of the molecule is CC(CCCCl)Nc1ncc[nH]c1=O. The van der Waals surface area contributed by atoms with Crippen LogP contribution in [0.4, 0.5) is 5.82 Å². The minimum Gasteiger partial charge on any atom is -0.363 e. The molecular formula is C9H14ClN3O. The molecule has 1 unspecified atom stereocenters. The molecule has 0 amide bonds. The Morgan fingerprint density at radius 2 is 2.50 bits per heavy atom. The first-order valence-corrected chi connectivity index (χ1v) is 5.13. The molecule has 78 valence electrons. The third-order valence-electron chi connectivity index (χ3n) is 1.86. The molecule has 0 aliphatic rings. The fourth-order valence-electron chi connectivity index (χ4n) is 1.14. The summed E-state index contributed by atoms with van der Waals surface area (Å²) >= 11 is 5.57. The van der Waals surface area contributed by atoms with E-state index in [1.165, 1.54) is 6.20 Å².